The van der Waals surface area contributed by atoms with Crippen molar-refractivity contribution in [2.45, 2.75) is 25.7 Å². The zero-order valence-electron chi connectivity index (χ0n) is 17.1. The van der Waals surface area contributed by atoms with Crippen LogP contribution in [0.1, 0.15) is 40.6 Å². The van der Waals surface area contributed by atoms with E-state index in [2.05, 4.69) is 22.7 Å². The summed E-state index contributed by atoms with van der Waals surface area (Å²) in [6.45, 7) is 3.32. The predicted molar refractivity (Wildman–Crippen MR) is 120 cm³/mol. The molecule has 1 saturated heterocycles. The molecule has 0 N–H and O–H groups in total. The van der Waals surface area contributed by atoms with Gasteiger partial charge in [0.2, 0.25) is 0 Å². The predicted octanol–water partition coefficient (Wildman–Crippen LogP) is 5.10. The summed E-state index contributed by atoms with van der Waals surface area (Å²) in [6, 6.07) is 15.7. The molecule has 4 aromatic rings. The first-order valence-electron chi connectivity index (χ1n) is 10.3. The number of aromatic nitrogens is 3. The summed E-state index contributed by atoms with van der Waals surface area (Å²) in [5.41, 5.74) is 4.38. The number of fused-ring (bicyclic) bond motifs is 2. The first-order chi connectivity index (χ1) is 14.5. The summed E-state index contributed by atoms with van der Waals surface area (Å²) < 4.78 is 2.17. The molecule has 2 aromatic carbocycles. The third-order valence-corrected chi connectivity index (χ3v) is 6.33. The van der Waals surface area contributed by atoms with Crippen molar-refractivity contribution in [3.63, 3.8) is 0 Å². The van der Waals surface area contributed by atoms with Crippen LogP contribution in [0.3, 0.4) is 0 Å². The number of halogens is 1. The van der Waals surface area contributed by atoms with Crippen LogP contribution in [0.25, 0.3) is 21.9 Å². The van der Waals surface area contributed by atoms with Crippen molar-refractivity contribution >= 4 is 39.4 Å². The third kappa shape index (κ3) is 3.23. The molecule has 0 spiro atoms. The van der Waals surface area contributed by atoms with Crippen LogP contribution < -0.4 is 0 Å². The van der Waals surface area contributed by atoms with Gasteiger partial charge in [0.25, 0.3) is 5.91 Å². The van der Waals surface area contributed by atoms with E-state index in [4.69, 9.17) is 16.6 Å². The van der Waals surface area contributed by atoms with Gasteiger partial charge in [-0.05, 0) is 56.2 Å². The molecule has 0 radical (unpaired) electrons. The highest BCUT2D eigenvalue weighted by Crippen LogP contribution is 2.30. The number of para-hydroxylation sites is 2. The number of pyridine rings is 1. The van der Waals surface area contributed by atoms with Crippen molar-refractivity contribution < 1.29 is 4.79 Å². The van der Waals surface area contributed by atoms with Crippen LogP contribution in [-0.4, -0.2) is 38.4 Å². The topological polar surface area (TPSA) is 51.0 Å². The lowest BCUT2D eigenvalue weighted by molar-refractivity contribution is 0.0702. The molecule has 0 unspecified atom stereocenters. The lowest BCUT2D eigenvalue weighted by Gasteiger charge is -2.32. The molecule has 0 saturated carbocycles. The molecule has 1 amide bonds. The summed E-state index contributed by atoms with van der Waals surface area (Å²) in [5.74, 6) is 1.31. The van der Waals surface area contributed by atoms with Gasteiger partial charge in [0.1, 0.15) is 5.82 Å². The minimum absolute atomic E-state index is 0.0327. The van der Waals surface area contributed by atoms with Crippen LogP contribution in [0.4, 0.5) is 0 Å². The number of carbonyl (C=O) groups is 1. The Bertz CT molecular complexity index is 1280. The van der Waals surface area contributed by atoms with Crippen LogP contribution in [0, 0.1) is 6.92 Å². The summed E-state index contributed by atoms with van der Waals surface area (Å²) in [5, 5.41) is 1.53. The molecule has 1 atom stereocenters. The van der Waals surface area contributed by atoms with E-state index in [0.29, 0.717) is 17.1 Å². The number of likely N-dealkylation sites (tertiary alicyclic amines) is 1. The molecule has 0 bridgehead atoms. The largest absolute Gasteiger partial charge is 0.338 e. The lowest BCUT2D eigenvalue weighted by Crippen LogP contribution is -2.40. The zero-order valence-corrected chi connectivity index (χ0v) is 17.9. The zero-order chi connectivity index (χ0) is 20.8. The fourth-order valence-electron chi connectivity index (χ4n) is 4.53. The molecule has 5 nitrogen and oxygen atoms in total. The minimum Gasteiger partial charge on any atom is -0.338 e. The second kappa shape index (κ2) is 7.40. The highest BCUT2D eigenvalue weighted by Gasteiger charge is 2.29. The number of benzene rings is 2. The maximum absolute atomic E-state index is 13.4. The van der Waals surface area contributed by atoms with Crippen molar-refractivity contribution in [2.24, 2.45) is 7.05 Å². The van der Waals surface area contributed by atoms with Gasteiger partial charge in [0.15, 0.2) is 0 Å². The number of aryl methyl sites for hydroxylation is 2. The highest BCUT2D eigenvalue weighted by atomic mass is 35.5. The summed E-state index contributed by atoms with van der Waals surface area (Å²) in [6.07, 6.45) is 2.00. The average Bonchev–Trinajstić information content (AvgIpc) is 3.10. The van der Waals surface area contributed by atoms with Gasteiger partial charge in [0, 0.05) is 36.5 Å². The number of piperidine rings is 1. The second-order valence-electron chi connectivity index (χ2n) is 8.07. The standard InChI is InChI=1S/C24H23ClN4O/c1-15-19(13-17-12-18(25)9-10-20(17)26-15)24(30)29-11-5-6-16(14-29)23-27-21-7-3-4-8-22(21)28(23)2/h3-4,7-10,12-13,16H,5-6,11,14H2,1-2H3/t16-/m1/s1. The number of amides is 1. The Labute approximate surface area is 180 Å². The van der Waals surface area contributed by atoms with Gasteiger partial charge in [-0.1, -0.05) is 23.7 Å². The molecule has 0 aliphatic carbocycles. The Morgan fingerprint density at radius 2 is 1.93 bits per heavy atom. The minimum atomic E-state index is 0.0327. The van der Waals surface area contributed by atoms with Crippen molar-refractivity contribution in [3.05, 3.63) is 70.6 Å². The van der Waals surface area contributed by atoms with E-state index in [1.807, 2.05) is 54.3 Å². The lowest BCUT2D eigenvalue weighted by atomic mass is 9.96. The Kier molecular flexibility index (Phi) is 4.70. The third-order valence-electron chi connectivity index (χ3n) is 6.09. The Morgan fingerprint density at radius 1 is 1.10 bits per heavy atom. The molecule has 1 fully saturated rings. The van der Waals surface area contributed by atoms with Crippen LogP contribution in [0.5, 0.6) is 0 Å². The summed E-state index contributed by atoms with van der Waals surface area (Å²) >= 11 is 6.14. The van der Waals surface area contributed by atoms with Crippen molar-refractivity contribution in [1.82, 2.24) is 19.4 Å². The fourth-order valence-corrected chi connectivity index (χ4v) is 4.71. The number of rotatable bonds is 2. The number of hydrogen-bond acceptors (Lipinski definition) is 3. The normalized spacial score (nSPS) is 17.0. The molecule has 3 heterocycles. The first kappa shape index (κ1) is 19.1. The van der Waals surface area contributed by atoms with Crippen molar-refractivity contribution in [2.75, 3.05) is 13.1 Å². The molecule has 1 aliphatic heterocycles. The van der Waals surface area contributed by atoms with Gasteiger partial charge in [-0.2, -0.15) is 0 Å². The SMILES string of the molecule is Cc1nc2ccc(Cl)cc2cc1C(=O)N1CCC[C@@H](c2nc3ccccc3n2C)C1. The van der Waals surface area contributed by atoms with Gasteiger partial charge in [-0.15, -0.1) is 0 Å². The maximum Gasteiger partial charge on any atom is 0.255 e. The van der Waals surface area contributed by atoms with E-state index in [-0.39, 0.29) is 11.8 Å². The molecule has 5 rings (SSSR count). The monoisotopic (exact) mass is 418 g/mol. The van der Waals surface area contributed by atoms with Crippen LogP contribution in [0.15, 0.2) is 48.5 Å². The number of imidazole rings is 1. The van der Waals surface area contributed by atoms with E-state index in [1.54, 1.807) is 0 Å². The molecule has 6 heteroatoms. The van der Waals surface area contributed by atoms with Gasteiger partial charge in [-0.3, -0.25) is 9.78 Å². The molecule has 2 aromatic heterocycles. The molecule has 30 heavy (non-hydrogen) atoms. The molecule has 152 valence electrons. The van der Waals surface area contributed by atoms with E-state index in [9.17, 15) is 4.79 Å². The van der Waals surface area contributed by atoms with E-state index < -0.39 is 0 Å². The smallest absolute Gasteiger partial charge is 0.255 e. The summed E-state index contributed by atoms with van der Waals surface area (Å²) in [7, 11) is 2.06. The van der Waals surface area contributed by atoms with Gasteiger partial charge < -0.3 is 9.47 Å². The first-order valence-corrected chi connectivity index (χ1v) is 10.7. The molecular weight excluding hydrogens is 396 g/mol. The number of carbonyl (C=O) groups excluding carboxylic acids is 1. The summed E-state index contributed by atoms with van der Waals surface area (Å²) in [4.78, 5) is 24.9. The van der Waals surface area contributed by atoms with Gasteiger partial charge in [0.05, 0.1) is 27.8 Å². The maximum atomic E-state index is 13.4. The number of nitrogens with zero attached hydrogens (tertiary/aromatic N) is 4. The van der Waals surface area contributed by atoms with Gasteiger partial charge in [-0.25, -0.2) is 4.98 Å². The molecule has 1 aliphatic rings. The van der Waals surface area contributed by atoms with Crippen LogP contribution in [-0.2, 0) is 7.05 Å². The van der Waals surface area contributed by atoms with E-state index >= 15 is 0 Å². The van der Waals surface area contributed by atoms with E-state index in [0.717, 1.165) is 52.8 Å². The molecular formula is C24H23ClN4O. The van der Waals surface area contributed by atoms with Crippen molar-refractivity contribution in [1.29, 1.82) is 0 Å². The van der Waals surface area contributed by atoms with Crippen molar-refractivity contribution in [3.8, 4) is 0 Å². The quantitative estimate of drug-likeness (QED) is 0.455. The Hall–Kier alpha value is -2.92. The number of hydrogen-bond donors (Lipinski definition) is 0. The Balaban J connectivity index is 1.46. The fraction of sp³-hybridized carbons (Fsp3) is 0.292. The Morgan fingerprint density at radius 3 is 2.77 bits per heavy atom. The van der Waals surface area contributed by atoms with Crippen LogP contribution in [0.2, 0.25) is 5.02 Å². The average molecular weight is 419 g/mol. The highest BCUT2D eigenvalue weighted by molar-refractivity contribution is 6.31. The van der Waals surface area contributed by atoms with E-state index in [1.165, 1.54) is 0 Å². The van der Waals surface area contributed by atoms with Crippen LogP contribution >= 0.6 is 11.6 Å². The van der Waals surface area contributed by atoms with Gasteiger partial charge >= 0.3 is 0 Å². The second-order valence-corrected chi connectivity index (χ2v) is 8.50.